The fourth-order valence-electron chi connectivity index (χ4n) is 0.634. The lowest BCUT2D eigenvalue weighted by Crippen LogP contribution is -1.94. The van der Waals surface area contributed by atoms with Gasteiger partial charge in [-0.05, 0) is 16.5 Å². The van der Waals surface area contributed by atoms with E-state index in [1.165, 1.54) is 0 Å². The Morgan fingerprint density at radius 1 is 1.44 bits per heavy atom. The van der Waals surface area contributed by atoms with E-state index >= 15 is 0 Å². The van der Waals surface area contributed by atoms with E-state index in [2.05, 4.69) is 25.6 Å². The highest BCUT2D eigenvalue weighted by Gasteiger charge is 2.02. The minimum atomic E-state index is 0.602. The Morgan fingerprint density at radius 3 is 3.33 bits per heavy atom. The maximum absolute atomic E-state index is 3.87. The van der Waals surface area contributed by atoms with Gasteiger partial charge in [-0.2, -0.15) is 0 Å². The molecule has 0 spiro atoms. The first kappa shape index (κ1) is 4.37. The van der Waals surface area contributed by atoms with E-state index in [-0.39, 0.29) is 0 Å². The molecule has 9 heavy (non-hydrogen) atoms. The van der Waals surface area contributed by atoms with Crippen molar-refractivity contribution in [2.75, 3.05) is 0 Å². The Balaban J connectivity index is 2.79. The Bertz CT molecular complexity index is 249. The van der Waals surface area contributed by atoms with Crippen LogP contribution in [0.5, 0.6) is 0 Å². The zero-order valence-corrected chi connectivity index (χ0v) is 4.44. The second-order valence-electron chi connectivity index (χ2n) is 1.58. The number of nitrogens with one attached hydrogen (secondary N) is 1. The van der Waals surface area contributed by atoms with E-state index in [0.717, 1.165) is 5.69 Å². The van der Waals surface area contributed by atoms with Crippen molar-refractivity contribution in [3.05, 3.63) is 12.3 Å². The first-order valence-electron chi connectivity index (χ1n) is 2.45. The summed E-state index contributed by atoms with van der Waals surface area (Å²) in [5.74, 6) is 0.602. The molecule has 5 nitrogen and oxygen atoms in total. The van der Waals surface area contributed by atoms with Crippen LogP contribution in [-0.2, 0) is 0 Å². The normalized spacial score (nSPS) is 10.2. The maximum Gasteiger partial charge on any atom is 0.201 e. The summed E-state index contributed by atoms with van der Waals surface area (Å²) in [4.78, 5) is 3.87. The third-order valence-electron chi connectivity index (χ3n) is 1.03. The van der Waals surface area contributed by atoms with Gasteiger partial charge in [0.05, 0.1) is 0 Å². The monoisotopic (exact) mass is 121 g/mol. The lowest BCUT2D eigenvalue weighted by molar-refractivity contribution is 0.760. The number of aromatic amines is 1. The Labute approximate surface area is 50.5 Å². The number of rotatable bonds is 0. The highest BCUT2D eigenvalue weighted by Crippen LogP contribution is 2.08. The molecule has 0 amide bonds. The molecule has 0 bridgehead atoms. The molecular weight excluding hydrogens is 118 g/mol. The van der Waals surface area contributed by atoms with Crippen molar-refractivity contribution in [2.24, 2.45) is 0 Å². The molecule has 0 aromatic heterocycles. The van der Waals surface area contributed by atoms with Crippen LogP contribution < -0.4 is 0 Å². The van der Waals surface area contributed by atoms with Gasteiger partial charge in [-0.1, -0.05) is 0 Å². The minimum Gasteiger partial charge on any atom is -0.254 e. The van der Waals surface area contributed by atoms with Crippen LogP contribution in [-0.4, -0.2) is 25.6 Å². The molecular formula is C4H3N5. The SMILES string of the molecule is c1cc2[nH]nnnc-2n1. The van der Waals surface area contributed by atoms with Crippen molar-refractivity contribution >= 4 is 0 Å². The van der Waals surface area contributed by atoms with Crippen LogP contribution in [0.4, 0.5) is 0 Å². The van der Waals surface area contributed by atoms with Crippen LogP contribution in [0.25, 0.3) is 11.5 Å². The summed E-state index contributed by atoms with van der Waals surface area (Å²) >= 11 is 0. The lowest BCUT2D eigenvalue weighted by atomic mass is 10.5. The summed E-state index contributed by atoms with van der Waals surface area (Å²) in [6, 6.07) is 1.79. The number of hydrogen-bond acceptors (Lipinski definition) is 4. The molecule has 2 rings (SSSR count). The Kier molecular flexibility index (Phi) is 0.717. The van der Waals surface area contributed by atoms with E-state index in [1.807, 2.05) is 0 Å². The number of nitrogens with zero attached hydrogens (tertiary/aromatic N) is 4. The molecule has 2 heterocycles. The quantitative estimate of drug-likeness (QED) is 0.519. The zero-order chi connectivity index (χ0) is 6.10. The molecule has 1 N–H and O–H groups in total. The average Bonchev–Trinajstić information content (AvgIpc) is 2.33. The molecule has 2 aliphatic heterocycles. The van der Waals surface area contributed by atoms with Crippen molar-refractivity contribution in [1.29, 1.82) is 0 Å². The summed E-state index contributed by atoms with van der Waals surface area (Å²) in [5.41, 5.74) is 0.810. The third-order valence-corrected chi connectivity index (χ3v) is 1.03. The van der Waals surface area contributed by atoms with Gasteiger partial charge < -0.3 is 0 Å². The molecule has 0 atom stereocenters. The van der Waals surface area contributed by atoms with Gasteiger partial charge in [0.2, 0.25) is 5.82 Å². The van der Waals surface area contributed by atoms with E-state index < -0.39 is 0 Å². The standard InChI is InChI=1S/C4H3N5/c1-2-5-4-3(1)6-8-9-7-4/h1-2H,(H,6,9). The van der Waals surface area contributed by atoms with Gasteiger partial charge in [0.1, 0.15) is 5.69 Å². The van der Waals surface area contributed by atoms with Crippen LogP contribution in [0.3, 0.4) is 0 Å². The molecule has 0 unspecified atom stereocenters. The van der Waals surface area contributed by atoms with Gasteiger partial charge >= 0.3 is 0 Å². The number of H-pyrrole nitrogens is 1. The molecule has 0 aromatic rings. The maximum atomic E-state index is 3.87. The molecule has 0 saturated carbocycles. The van der Waals surface area contributed by atoms with Gasteiger partial charge in [0.25, 0.3) is 0 Å². The van der Waals surface area contributed by atoms with Crippen LogP contribution in [0.1, 0.15) is 0 Å². The zero-order valence-electron chi connectivity index (χ0n) is 4.44. The van der Waals surface area contributed by atoms with Crippen molar-refractivity contribution in [3.8, 4) is 11.5 Å². The second-order valence-corrected chi connectivity index (χ2v) is 1.58. The number of hydrogen-bond donors (Lipinski definition) is 1. The molecule has 0 aliphatic carbocycles. The van der Waals surface area contributed by atoms with E-state index in [1.54, 1.807) is 12.3 Å². The molecule has 5 heteroatoms. The fraction of sp³-hybridized carbons (Fsp3) is 0. The van der Waals surface area contributed by atoms with E-state index in [0.29, 0.717) is 5.82 Å². The summed E-state index contributed by atoms with van der Waals surface area (Å²) in [7, 11) is 0. The molecule has 0 aromatic carbocycles. The van der Waals surface area contributed by atoms with Crippen LogP contribution >= 0.6 is 0 Å². The number of aromatic nitrogens is 5. The van der Waals surface area contributed by atoms with Crippen molar-refractivity contribution in [3.63, 3.8) is 0 Å². The molecule has 0 radical (unpaired) electrons. The molecule has 2 aliphatic rings. The summed E-state index contributed by atoms with van der Waals surface area (Å²) < 4.78 is 0. The smallest absolute Gasteiger partial charge is 0.201 e. The van der Waals surface area contributed by atoms with Crippen molar-refractivity contribution < 1.29 is 0 Å². The number of fused-ring (bicyclic) bond motifs is 1. The fourth-order valence-corrected chi connectivity index (χ4v) is 0.634. The van der Waals surface area contributed by atoms with Gasteiger partial charge in [0.15, 0.2) is 0 Å². The van der Waals surface area contributed by atoms with Crippen molar-refractivity contribution in [2.45, 2.75) is 0 Å². The van der Waals surface area contributed by atoms with Crippen LogP contribution in [0.2, 0.25) is 0 Å². The van der Waals surface area contributed by atoms with Crippen LogP contribution in [0.15, 0.2) is 12.3 Å². The van der Waals surface area contributed by atoms with Gasteiger partial charge in [-0.25, -0.2) is 4.98 Å². The average molecular weight is 121 g/mol. The van der Waals surface area contributed by atoms with Crippen molar-refractivity contribution in [1.82, 2.24) is 25.6 Å². The highest BCUT2D eigenvalue weighted by atomic mass is 15.4. The molecule has 0 saturated heterocycles. The molecule has 0 fully saturated rings. The molecule has 44 valence electrons. The summed E-state index contributed by atoms with van der Waals surface area (Å²) in [6.07, 6.45) is 1.65. The topological polar surface area (TPSA) is 67.3 Å². The van der Waals surface area contributed by atoms with E-state index in [9.17, 15) is 0 Å². The van der Waals surface area contributed by atoms with Gasteiger partial charge in [-0.15, -0.1) is 5.10 Å². The summed E-state index contributed by atoms with van der Waals surface area (Å²) in [5, 5.41) is 13.1. The highest BCUT2D eigenvalue weighted by molar-refractivity contribution is 5.47. The first-order chi connectivity index (χ1) is 4.47. The van der Waals surface area contributed by atoms with Crippen LogP contribution in [0, 0.1) is 0 Å². The minimum absolute atomic E-state index is 0.602. The largest absolute Gasteiger partial charge is 0.254 e. The third kappa shape index (κ3) is 0.543. The predicted molar refractivity (Wildman–Crippen MR) is 28.6 cm³/mol. The lowest BCUT2D eigenvalue weighted by Gasteiger charge is -1.87. The predicted octanol–water partition coefficient (Wildman–Crippen LogP) is -0.301. The summed E-state index contributed by atoms with van der Waals surface area (Å²) in [6.45, 7) is 0. The Hall–Kier alpha value is -1.52. The second kappa shape index (κ2) is 1.48. The Morgan fingerprint density at radius 2 is 2.44 bits per heavy atom. The van der Waals surface area contributed by atoms with Gasteiger partial charge in [-0.3, -0.25) is 5.10 Å². The van der Waals surface area contributed by atoms with Gasteiger partial charge in [0, 0.05) is 6.20 Å². The van der Waals surface area contributed by atoms with E-state index in [4.69, 9.17) is 0 Å². The first-order valence-corrected chi connectivity index (χ1v) is 2.45.